The summed E-state index contributed by atoms with van der Waals surface area (Å²) in [4.78, 5) is 4.14. The van der Waals surface area contributed by atoms with Crippen LogP contribution in [0.25, 0.3) is 0 Å². The molecule has 0 aromatic carbocycles. The summed E-state index contributed by atoms with van der Waals surface area (Å²) in [7, 11) is -1.56. The zero-order chi connectivity index (χ0) is 17.4. The van der Waals surface area contributed by atoms with Crippen LogP contribution < -0.4 is 10.6 Å². The van der Waals surface area contributed by atoms with Gasteiger partial charge in [-0.25, -0.2) is 8.42 Å². The van der Waals surface area contributed by atoms with Crippen molar-refractivity contribution in [1.82, 2.24) is 14.9 Å². The molecule has 0 radical (unpaired) electrons. The summed E-state index contributed by atoms with van der Waals surface area (Å²) >= 11 is 1.68. The maximum Gasteiger partial charge on any atom is 0.215 e. The van der Waals surface area contributed by atoms with Gasteiger partial charge in [0.2, 0.25) is 10.0 Å². The largest absolute Gasteiger partial charge is 0.379 e. The lowest BCUT2D eigenvalue weighted by molar-refractivity contribution is 0.0730. The third-order valence-corrected chi connectivity index (χ3v) is 6.50. The number of nitrogens with one attached hydrogen (secondary N) is 2. The summed E-state index contributed by atoms with van der Waals surface area (Å²) in [6.45, 7) is 5.03. The molecule has 2 rings (SSSR count). The molecule has 1 aliphatic heterocycles. The quantitative estimate of drug-likeness (QED) is 0.334. The molecule has 0 saturated carbocycles. The molecule has 1 aromatic rings. The van der Waals surface area contributed by atoms with Crippen molar-refractivity contribution in [1.29, 1.82) is 0 Å². The molecule has 0 aliphatic carbocycles. The number of nitrogens with zero attached hydrogens (tertiary/aromatic N) is 2. The van der Waals surface area contributed by atoms with Crippen LogP contribution in [0.15, 0.2) is 21.8 Å². The van der Waals surface area contributed by atoms with Crippen molar-refractivity contribution in [2.45, 2.75) is 12.8 Å². The van der Waals surface area contributed by atoms with Gasteiger partial charge in [-0.2, -0.15) is 15.6 Å². The van der Waals surface area contributed by atoms with Gasteiger partial charge in [0.1, 0.15) is 0 Å². The van der Waals surface area contributed by atoms with Crippen LogP contribution in [0.3, 0.4) is 0 Å². The summed E-state index contributed by atoms with van der Waals surface area (Å²) in [6, 6.07) is 2.11. The highest BCUT2D eigenvalue weighted by atomic mass is 127. The van der Waals surface area contributed by atoms with E-state index >= 15 is 0 Å². The Balaban J connectivity index is 0.00000312. The van der Waals surface area contributed by atoms with Gasteiger partial charge in [0, 0.05) is 33.2 Å². The summed E-state index contributed by atoms with van der Waals surface area (Å²) < 4.78 is 31.2. The van der Waals surface area contributed by atoms with E-state index in [-0.39, 0.29) is 29.7 Å². The number of thiophene rings is 1. The van der Waals surface area contributed by atoms with Gasteiger partial charge in [-0.15, -0.1) is 24.0 Å². The summed E-state index contributed by atoms with van der Waals surface area (Å²) in [6.07, 6.45) is 0. The first-order valence-electron chi connectivity index (χ1n) is 8.05. The molecule has 1 atom stereocenters. The lowest BCUT2D eigenvalue weighted by atomic mass is 10.1. The highest BCUT2D eigenvalue weighted by Crippen LogP contribution is 2.16. The van der Waals surface area contributed by atoms with Crippen molar-refractivity contribution in [3.05, 3.63) is 22.4 Å². The number of hydrogen-bond donors (Lipinski definition) is 2. The van der Waals surface area contributed by atoms with Crippen molar-refractivity contribution < 1.29 is 13.2 Å². The zero-order valence-electron chi connectivity index (χ0n) is 14.6. The molecule has 1 unspecified atom stereocenters. The Morgan fingerprint density at radius 1 is 1.40 bits per heavy atom. The first-order chi connectivity index (χ1) is 11.5. The summed E-state index contributed by atoms with van der Waals surface area (Å²) in [5.74, 6) is 1.04. The minimum atomic E-state index is -3.24. The molecule has 1 saturated heterocycles. The molecular weight excluding hydrogens is 475 g/mol. The number of morpholine rings is 1. The molecule has 0 bridgehead atoms. The van der Waals surface area contributed by atoms with Crippen molar-refractivity contribution in [3.8, 4) is 0 Å². The van der Waals surface area contributed by atoms with Crippen LogP contribution >= 0.6 is 35.3 Å². The fourth-order valence-corrected chi connectivity index (χ4v) is 4.50. The second-order valence-corrected chi connectivity index (χ2v) is 8.53. The predicted octanol–water partition coefficient (Wildman–Crippen LogP) is 1.30. The number of aliphatic imine (C=N–C) groups is 1. The van der Waals surface area contributed by atoms with Gasteiger partial charge >= 0.3 is 0 Å². The lowest BCUT2D eigenvalue weighted by Crippen LogP contribution is -2.45. The first-order valence-corrected chi connectivity index (χ1v) is 10.6. The van der Waals surface area contributed by atoms with Crippen LogP contribution in [-0.2, 0) is 14.8 Å². The van der Waals surface area contributed by atoms with Gasteiger partial charge in [-0.3, -0.25) is 4.99 Å². The molecular formula is C15H27IN4O3S2. The lowest BCUT2D eigenvalue weighted by Gasteiger charge is -2.26. The van der Waals surface area contributed by atoms with Gasteiger partial charge in [0.15, 0.2) is 5.96 Å². The highest BCUT2D eigenvalue weighted by Gasteiger charge is 2.23. The minimum absolute atomic E-state index is 0. The smallest absolute Gasteiger partial charge is 0.215 e. The molecule has 2 N–H and O–H groups in total. The number of sulfonamides is 1. The van der Waals surface area contributed by atoms with Crippen molar-refractivity contribution in [3.63, 3.8) is 0 Å². The Labute approximate surface area is 171 Å². The third kappa shape index (κ3) is 7.37. The van der Waals surface area contributed by atoms with Crippen LogP contribution in [0.1, 0.15) is 18.4 Å². The van der Waals surface area contributed by atoms with Crippen molar-refractivity contribution in [2.75, 3.05) is 52.2 Å². The number of rotatable bonds is 7. The van der Waals surface area contributed by atoms with Crippen LogP contribution in [0, 0.1) is 0 Å². The van der Waals surface area contributed by atoms with Gasteiger partial charge in [-0.05, 0) is 28.3 Å². The standard InChI is InChI=1S/C15H26N4O3S2.HI/c1-13(14-3-9-23-12-14)11-18-15(16-2)17-4-10-24(20,21)19-5-7-22-8-6-19;/h3,9,12-13H,4-8,10-11H2,1-2H3,(H2,16,17,18);1H. The van der Waals surface area contributed by atoms with Crippen LogP contribution in [-0.4, -0.2) is 70.9 Å². The predicted molar refractivity (Wildman–Crippen MR) is 114 cm³/mol. The minimum Gasteiger partial charge on any atom is -0.379 e. The van der Waals surface area contributed by atoms with E-state index in [1.807, 2.05) is 0 Å². The van der Waals surface area contributed by atoms with E-state index in [9.17, 15) is 8.42 Å². The van der Waals surface area contributed by atoms with E-state index in [0.717, 1.165) is 6.54 Å². The maximum atomic E-state index is 12.2. The van der Waals surface area contributed by atoms with E-state index in [1.54, 1.807) is 18.4 Å². The Hall–Kier alpha value is -0.430. The van der Waals surface area contributed by atoms with E-state index in [2.05, 4.69) is 39.4 Å². The topological polar surface area (TPSA) is 83.0 Å². The molecule has 1 fully saturated rings. The monoisotopic (exact) mass is 502 g/mol. The Morgan fingerprint density at radius 2 is 2.12 bits per heavy atom. The molecule has 0 spiro atoms. The summed E-state index contributed by atoms with van der Waals surface area (Å²) in [5, 5.41) is 10.5. The molecule has 1 aliphatic rings. The van der Waals surface area contributed by atoms with Gasteiger partial charge in [-0.1, -0.05) is 6.92 Å². The van der Waals surface area contributed by atoms with Crippen molar-refractivity contribution in [2.24, 2.45) is 4.99 Å². The molecule has 10 heteroatoms. The molecule has 7 nitrogen and oxygen atoms in total. The molecule has 2 heterocycles. The van der Waals surface area contributed by atoms with Crippen LogP contribution in [0.2, 0.25) is 0 Å². The zero-order valence-corrected chi connectivity index (χ0v) is 18.6. The third-order valence-electron chi connectivity index (χ3n) is 3.93. The van der Waals surface area contributed by atoms with E-state index < -0.39 is 10.0 Å². The van der Waals surface area contributed by atoms with E-state index in [0.29, 0.717) is 44.7 Å². The molecule has 25 heavy (non-hydrogen) atoms. The maximum absolute atomic E-state index is 12.2. The fraction of sp³-hybridized carbons (Fsp3) is 0.667. The van der Waals surface area contributed by atoms with Gasteiger partial charge < -0.3 is 15.4 Å². The normalized spacial score (nSPS) is 17.6. The van der Waals surface area contributed by atoms with Gasteiger partial charge in [0.25, 0.3) is 0 Å². The highest BCUT2D eigenvalue weighted by molar-refractivity contribution is 14.0. The number of guanidine groups is 1. The molecule has 1 aromatic heterocycles. The first kappa shape index (κ1) is 22.6. The second kappa shape index (κ2) is 11.3. The number of ether oxygens (including phenoxy) is 1. The van der Waals surface area contributed by atoms with E-state index in [1.165, 1.54) is 9.87 Å². The Morgan fingerprint density at radius 3 is 2.72 bits per heavy atom. The second-order valence-electron chi connectivity index (χ2n) is 5.67. The van der Waals surface area contributed by atoms with Crippen LogP contribution in [0.4, 0.5) is 0 Å². The average Bonchev–Trinajstić information content (AvgIpc) is 3.13. The van der Waals surface area contributed by atoms with Gasteiger partial charge in [0.05, 0.1) is 19.0 Å². The average molecular weight is 502 g/mol. The van der Waals surface area contributed by atoms with Crippen molar-refractivity contribution >= 4 is 51.3 Å². The SMILES string of the molecule is CN=C(NCCS(=O)(=O)N1CCOCC1)NCC(C)c1ccsc1.I. The summed E-state index contributed by atoms with van der Waals surface area (Å²) in [5.41, 5.74) is 1.29. The molecule has 0 amide bonds. The molecule has 144 valence electrons. The number of hydrogen-bond acceptors (Lipinski definition) is 5. The fourth-order valence-electron chi connectivity index (χ4n) is 2.40. The Kier molecular flexibility index (Phi) is 10.2. The number of halogens is 1. The Bertz CT molecular complexity index is 617. The van der Waals surface area contributed by atoms with E-state index in [4.69, 9.17) is 4.74 Å². The van der Waals surface area contributed by atoms with Crippen LogP contribution in [0.5, 0.6) is 0 Å².